The number of nitrogens with zero attached hydrogens (tertiary/aromatic N) is 3. The minimum absolute atomic E-state index is 0.000244. The van der Waals surface area contributed by atoms with E-state index in [4.69, 9.17) is 0 Å². The Labute approximate surface area is 135 Å². The van der Waals surface area contributed by atoms with Crippen LogP contribution < -0.4 is 5.32 Å². The lowest BCUT2D eigenvalue weighted by molar-refractivity contribution is -0.118. The molecule has 116 valence electrons. The van der Waals surface area contributed by atoms with Crippen LogP contribution in [-0.2, 0) is 4.79 Å². The van der Waals surface area contributed by atoms with E-state index < -0.39 is 0 Å². The van der Waals surface area contributed by atoms with Crippen molar-refractivity contribution in [2.24, 2.45) is 5.92 Å². The van der Waals surface area contributed by atoms with Crippen LogP contribution in [-0.4, -0.2) is 20.4 Å². The van der Waals surface area contributed by atoms with E-state index in [-0.39, 0.29) is 11.8 Å². The first-order valence-corrected chi connectivity index (χ1v) is 7.50. The van der Waals surface area contributed by atoms with E-state index >= 15 is 0 Å². The summed E-state index contributed by atoms with van der Waals surface area (Å²) in [6.45, 7) is 3.74. The van der Waals surface area contributed by atoms with Crippen molar-refractivity contribution in [1.82, 2.24) is 14.5 Å². The van der Waals surface area contributed by atoms with Gasteiger partial charge in [0.2, 0.25) is 5.91 Å². The lowest BCUT2D eigenvalue weighted by atomic mass is 10.2. The molecule has 1 amide bonds. The Morgan fingerprint density at radius 3 is 2.78 bits per heavy atom. The number of carbonyl (C=O) groups is 1. The fourth-order valence-corrected chi connectivity index (χ4v) is 2.24. The van der Waals surface area contributed by atoms with E-state index in [0.717, 1.165) is 22.8 Å². The average Bonchev–Trinajstić information content (AvgIpc) is 3.05. The second kappa shape index (κ2) is 6.44. The number of imidazole rings is 1. The number of pyridine rings is 1. The van der Waals surface area contributed by atoms with Gasteiger partial charge in [-0.05, 0) is 30.3 Å². The van der Waals surface area contributed by atoms with Crippen LogP contribution in [0.4, 0.5) is 5.69 Å². The zero-order chi connectivity index (χ0) is 16.2. The molecule has 1 N–H and O–H groups in total. The zero-order valence-corrected chi connectivity index (χ0v) is 13.1. The highest BCUT2D eigenvalue weighted by molar-refractivity contribution is 5.92. The molecule has 0 radical (unpaired) electrons. The summed E-state index contributed by atoms with van der Waals surface area (Å²) in [6.07, 6.45) is 7.16. The van der Waals surface area contributed by atoms with Crippen molar-refractivity contribution in [3.05, 3.63) is 61.2 Å². The molecule has 0 aliphatic carbocycles. The molecule has 0 fully saturated rings. The molecule has 0 bridgehead atoms. The smallest absolute Gasteiger partial charge is 0.226 e. The highest BCUT2D eigenvalue weighted by Crippen LogP contribution is 2.22. The maximum atomic E-state index is 11.9. The highest BCUT2D eigenvalue weighted by Gasteiger charge is 2.10. The van der Waals surface area contributed by atoms with Gasteiger partial charge in [0.1, 0.15) is 5.82 Å². The normalized spacial score (nSPS) is 10.7. The Kier molecular flexibility index (Phi) is 4.19. The van der Waals surface area contributed by atoms with Gasteiger partial charge in [-0.25, -0.2) is 4.98 Å². The Bertz CT molecular complexity index is 809. The van der Waals surface area contributed by atoms with Crippen molar-refractivity contribution in [3.63, 3.8) is 0 Å². The number of hydrogen-bond acceptors (Lipinski definition) is 3. The summed E-state index contributed by atoms with van der Waals surface area (Å²) in [5.41, 5.74) is 2.64. The first-order valence-electron chi connectivity index (χ1n) is 7.50. The molecular weight excluding hydrogens is 288 g/mol. The molecule has 0 spiro atoms. The quantitative estimate of drug-likeness (QED) is 0.802. The summed E-state index contributed by atoms with van der Waals surface area (Å²) < 4.78 is 1.97. The molecular formula is C18H18N4O. The zero-order valence-electron chi connectivity index (χ0n) is 13.1. The van der Waals surface area contributed by atoms with Gasteiger partial charge in [-0.1, -0.05) is 19.9 Å². The van der Waals surface area contributed by atoms with E-state index in [0.29, 0.717) is 0 Å². The van der Waals surface area contributed by atoms with Gasteiger partial charge in [-0.3, -0.25) is 14.3 Å². The molecule has 0 saturated carbocycles. The number of anilines is 1. The molecule has 3 aromatic rings. The van der Waals surface area contributed by atoms with Gasteiger partial charge in [0.25, 0.3) is 0 Å². The summed E-state index contributed by atoms with van der Waals surface area (Å²) in [5.74, 6) is 0.753. The van der Waals surface area contributed by atoms with Gasteiger partial charge in [0.15, 0.2) is 0 Å². The van der Waals surface area contributed by atoms with Crippen molar-refractivity contribution >= 4 is 11.6 Å². The Morgan fingerprint density at radius 1 is 1.17 bits per heavy atom. The second-order valence-corrected chi connectivity index (χ2v) is 5.56. The van der Waals surface area contributed by atoms with Gasteiger partial charge in [-0.2, -0.15) is 0 Å². The fourth-order valence-electron chi connectivity index (χ4n) is 2.24. The average molecular weight is 306 g/mol. The number of hydrogen-bond donors (Lipinski definition) is 1. The lowest BCUT2D eigenvalue weighted by Gasteiger charge is -2.11. The van der Waals surface area contributed by atoms with Gasteiger partial charge in [0.05, 0.1) is 0 Å². The van der Waals surface area contributed by atoms with Crippen LogP contribution in [0.1, 0.15) is 13.8 Å². The molecule has 2 heterocycles. The van der Waals surface area contributed by atoms with E-state index in [1.54, 1.807) is 18.6 Å². The number of benzene rings is 1. The van der Waals surface area contributed by atoms with Crippen molar-refractivity contribution in [2.75, 3.05) is 5.32 Å². The first kappa shape index (κ1) is 15.0. The maximum Gasteiger partial charge on any atom is 0.226 e. The Hall–Kier alpha value is -2.95. The molecule has 5 nitrogen and oxygen atoms in total. The minimum Gasteiger partial charge on any atom is -0.326 e. The molecule has 1 aromatic carbocycles. The third kappa shape index (κ3) is 3.29. The molecule has 3 rings (SSSR count). The predicted octanol–water partition coefficient (Wildman–Crippen LogP) is 3.53. The van der Waals surface area contributed by atoms with Crippen LogP contribution in [0, 0.1) is 5.92 Å². The van der Waals surface area contributed by atoms with Gasteiger partial charge >= 0.3 is 0 Å². The van der Waals surface area contributed by atoms with Crippen LogP contribution in [0.25, 0.3) is 17.1 Å². The van der Waals surface area contributed by atoms with Gasteiger partial charge in [0, 0.05) is 47.6 Å². The maximum absolute atomic E-state index is 11.9. The van der Waals surface area contributed by atoms with E-state index in [1.165, 1.54) is 0 Å². The van der Waals surface area contributed by atoms with Crippen LogP contribution >= 0.6 is 0 Å². The van der Waals surface area contributed by atoms with E-state index in [2.05, 4.69) is 15.3 Å². The minimum atomic E-state index is -0.0575. The largest absolute Gasteiger partial charge is 0.326 e. The van der Waals surface area contributed by atoms with Crippen LogP contribution in [0.2, 0.25) is 0 Å². The highest BCUT2D eigenvalue weighted by atomic mass is 16.1. The molecule has 5 heteroatoms. The third-order valence-electron chi connectivity index (χ3n) is 3.48. The van der Waals surface area contributed by atoms with Crippen molar-refractivity contribution in [2.45, 2.75) is 13.8 Å². The molecule has 0 aliphatic rings. The van der Waals surface area contributed by atoms with E-state index in [1.807, 2.05) is 61.0 Å². The van der Waals surface area contributed by atoms with E-state index in [9.17, 15) is 4.79 Å². The molecule has 0 aliphatic heterocycles. The van der Waals surface area contributed by atoms with Crippen molar-refractivity contribution in [1.29, 1.82) is 0 Å². The summed E-state index contributed by atoms with van der Waals surface area (Å²) in [6, 6.07) is 11.6. The van der Waals surface area contributed by atoms with Crippen LogP contribution in [0.5, 0.6) is 0 Å². The van der Waals surface area contributed by atoms with Crippen LogP contribution in [0.3, 0.4) is 0 Å². The number of nitrogens with one attached hydrogen (secondary N) is 1. The summed E-state index contributed by atoms with van der Waals surface area (Å²) in [5, 5.41) is 2.92. The van der Waals surface area contributed by atoms with Gasteiger partial charge in [-0.15, -0.1) is 0 Å². The number of aromatic nitrogens is 3. The van der Waals surface area contributed by atoms with Crippen molar-refractivity contribution in [3.8, 4) is 17.1 Å². The topological polar surface area (TPSA) is 59.8 Å². The molecule has 23 heavy (non-hydrogen) atoms. The number of amides is 1. The number of rotatable bonds is 4. The second-order valence-electron chi connectivity index (χ2n) is 5.56. The van der Waals surface area contributed by atoms with Crippen LogP contribution in [0.15, 0.2) is 61.2 Å². The van der Waals surface area contributed by atoms with Crippen molar-refractivity contribution < 1.29 is 4.79 Å². The number of carbonyl (C=O) groups excluding carboxylic acids is 1. The molecule has 0 saturated heterocycles. The Morgan fingerprint density at radius 2 is 2.04 bits per heavy atom. The molecule has 0 unspecified atom stereocenters. The molecule has 2 aromatic heterocycles. The van der Waals surface area contributed by atoms with Gasteiger partial charge < -0.3 is 5.32 Å². The standard InChI is InChI=1S/C18H18N4O/c1-13(2)18(23)21-15-6-3-7-16(11-15)22-10-9-20-17(22)14-5-4-8-19-12-14/h3-13H,1-2H3,(H,21,23). The summed E-state index contributed by atoms with van der Waals surface area (Å²) >= 11 is 0. The molecule has 0 atom stereocenters. The SMILES string of the molecule is CC(C)C(=O)Nc1cccc(-n2ccnc2-c2cccnc2)c1. The third-order valence-corrected chi connectivity index (χ3v) is 3.48. The lowest BCUT2D eigenvalue weighted by Crippen LogP contribution is -2.17. The monoisotopic (exact) mass is 306 g/mol. The predicted molar refractivity (Wildman–Crippen MR) is 90.3 cm³/mol. The summed E-state index contributed by atoms with van der Waals surface area (Å²) in [4.78, 5) is 20.4. The Balaban J connectivity index is 1.95. The summed E-state index contributed by atoms with van der Waals surface area (Å²) in [7, 11) is 0. The first-order chi connectivity index (χ1) is 11.1. The fraction of sp³-hybridized carbons (Fsp3) is 0.167.